The highest BCUT2D eigenvalue weighted by Gasteiger charge is 2.19. The molecule has 2 aliphatic rings. The lowest BCUT2D eigenvalue weighted by molar-refractivity contribution is 0.122. The van der Waals surface area contributed by atoms with Crippen molar-refractivity contribution in [3.63, 3.8) is 0 Å². The first-order valence-corrected chi connectivity index (χ1v) is 9.82. The zero-order valence-electron chi connectivity index (χ0n) is 16.0. The highest BCUT2D eigenvalue weighted by molar-refractivity contribution is 5.88. The van der Waals surface area contributed by atoms with Crippen LogP contribution in [-0.2, 0) is 4.74 Å². The lowest BCUT2D eigenvalue weighted by Crippen LogP contribution is -2.36. The van der Waals surface area contributed by atoms with E-state index in [2.05, 4.69) is 30.2 Å². The molecule has 2 amide bonds. The first kappa shape index (κ1) is 17.8. The number of carbonyl (C=O) groups excluding carboxylic acids is 1. The van der Waals surface area contributed by atoms with Gasteiger partial charge < -0.3 is 14.5 Å². The number of ether oxygens (including phenoxy) is 1. The molecule has 10 nitrogen and oxygen atoms in total. The Hall–Kier alpha value is -3.27. The van der Waals surface area contributed by atoms with Gasteiger partial charge in [-0.2, -0.15) is 0 Å². The van der Waals surface area contributed by atoms with E-state index >= 15 is 0 Å². The van der Waals surface area contributed by atoms with Gasteiger partial charge in [0.05, 0.1) is 37.5 Å². The minimum Gasteiger partial charge on any atom is -0.378 e. The van der Waals surface area contributed by atoms with E-state index in [-0.39, 0.29) is 6.03 Å². The van der Waals surface area contributed by atoms with Gasteiger partial charge in [-0.15, -0.1) is 0 Å². The minimum absolute atomic E-state index is 0.138. The summed E-state index contributed by atoms with van der Waals surface area (Å²) in [4.78, 5) is 34.1. The van der Waals surface area contributed by atoms with Crippen LogP contribution in [0.5, 0.6) is 0 Å². The molecule has 2 aliphatic heterocycles. The summed E-state index contributed by atoms with van der Waals surface area (Å²) >= 11 is 0. The number of carbonyl (C=O) groups is 1. The monoisotopic (exact) mass is 394 g/mol. The summed E-state index contributed by atoms with van der Waals surface area (Å²) in [5.74, 6) is 1.00. The van der Waals surface area contributed by atoms with Gasteiger partial charge in [0.2, 0.25) is 5.78 Å². The number of hydrogen-bond donors (Lipinski definition) is 1. The van der Waals surface area contributed by atoms with Crippen LogP contribution >= 0.6 is 0 Å². The molecule has 2 fully saturated rings. The van der Waals surface area contributed by atoms with E-state index in [4.69, 9.17) is 4.74 Å². The molecular formula is C19H22N8O2. The van der Waals surface area contributed by atoms with E-state index in [1.165, 1.54) is 0 Å². The molecule has 0 bridgehead atoms. The number of nitrogens with one attached hydrogen (secondary N) is 1. The first-order valence-electron chi connectivity index (χ1n) is 9.82. The smallest absolute Gasteiger partial charge is 0.323 e. The molecular weight excluding hydrogens is 372 g/mol. The highest BCUT2D eigenvalue weighted by atomic mass is 16.5. The number of urea groups is 1. The van der Waals surface area contributed by atoms with Crippen molar-refractivity contribution in [2.75, 3.05) is 49.6 Å². The Morgan fingerprint density at radius 1 is 0.966 bits per heavy atom. The normalized spacial score (nSPS) is 17.1. The highest BCUT2D eigenvalue weighted by Crippen LogP contribution is 2.20. The Morgan fingerprint density at radius 3 is 2.62 bits per heavy atom. The minimum atomic E-state index is -0.138. The van der Waals surface area contributed by atoms with Gasteiger partial charge in [0, 0.05) is 38.6 Å². The van der Waals surface area contributed by atoms with Crippen LogP contribution in [0.3, 0.4) is 0 Å². The van der Waals surface area contributed by atoms with Gasteiger partial charge >= 0.3 is 6.03 Å². The average molecular weight is 394 g/mol. The lowest BCUT2D eigenvalue weighted by Gasteiger charge is -2.28. The molecule has 29 heavy (non-hydrogen) atoms. The van der Waals surface area contributed by atoms with Crippen molar-refractivity contribution in [3.05, 3.63) is 31.0 Å². The SMILES string of the molecule is O=C(Nc1cncc(-c2cn3cc(N4CCOCC4)cnc3n2)n1)N1CCCC1. The third-order valence-corrected chi connectivity index (χ3v) is 5.20. The molecule has 3 aromatic rings. The van der Waals surface area contributed by atoms with Crippen LogP contribution in [0.4, 0.5) is 16.3 Å². The summed E-state index contributed by atoms with van der Waals surface area (Å²) in [5, 5.41) is 2.82. The molecule has 0 unspecified atom stereocenters. The van der Waals surface area contributed by atoms with E-state index in [0.29, 0.717) is 23.0 Å². The van der Waals surface area contributed by atoms with Crippen molar-refractivity contribution in [1.82, 2.24) is 29.2 Å². The number of fused-ring (bicyclic) bond motifs is 1. The van der Waals surface area contributed by atoms with Gasteiger partial charge in [-0.3, -0.25) is 14.7 Å². The summed E-state index contributed by atoms with van der Waals surface area (Å²) in [5.41, 5.74) is 2.27. The van der Waals surface area contributed by atoms with Crippen molar-refractivity contribution in [1.29, 1.82) is 0 Å². The fourth-order valence-electron chi connectivity index (χ4n) is 3.64. The van der Waals surface area contributed by atoms with Gasteiger partial charge in [0.25, 0.3) is 0 Å². The van der Waals surface area contributed by atoms with Gasteiger partial charge in [-0.1, -0.05) is 0 Å². The molecule has 0 spiro atoms. The number of likely N-dealkylation sites (tertiary alicyclic amines) is 1. The second-order valence-corrected chi connectivity index (χ2v) is 7.16. The second kappa shape index (κ2) is 7.63. The van der Waals surface area contributed by atoms with Crippen LogP contribution < -0.4 is 10.2 Å². The van der Waals surface area contributed by atoms with E-state index in [1.54, 1.807) is 17.3 Å². The maximum absolute atomic E-state index is 12.3. The van der Waals surface area contributed by atoms with Crippen molar-refractivity contribution >= 4 is 23.3 Å². The van der Waals surface area contributed by atoms with E-state index in [0.717, 1.165) is 57.9 Å². The van der Waals surface area contributed by atoms with Crippen molar-refractivity contribution in [3.8, 4) is 11.4 Å². The van der Waals surface area contributed by atoms with Crippen molar-refractivity contribution in [2.45, 2.75) is 12.8 Å². The summed E-state index contributed by atoms with van der Waals surface area (Å²) in [6.07, 6.45) is 11.0. The molecule has 5 heterocycles. The van der Waals surface area contributed by atoms with Gasteiger partial charge in [-0.05, 0) is 12.8 Å². The van der Waals surface area contributed by atoms with Crippen LogP contribution in [0.2, 0.25) is 0 Å². The average Bonchev–Trinajstić information content (AvgIpc) is 3.44. The number of anilines is 2. The van der Waals surface area contributed by atoms with Gasteiger partial charge in [0.15, 0.2) is 5.82 Å². The largest absolute Gasteiger partial charge is 0.378 e. The van der Waals surface area contributed by atoms with Crippen molar-refractivity contribution < 1.29 is 9.53 Å². The fourth-order valence-corrected chi connectivity index (χ4v) is 3.64. The van der Waals surface area contributed by atoms with Gasteiger partial charge in [-0.25, -0.2) is 19.7 Å². The second-order valence-electron chi connectivity index (χ2n) is 7.16. The predicted molar refractivity (Wildman–Crippen MR) is 107 cm³/mol. The topological polar surface area (TPSA) is 101 Å². The first-order chi connectivity index (χ1) is 14.3. The molecule has 0 aromatic carbocycles. The Morgan fingerprint density at radius 2 is 1.79 bits per heavy atom. The maximum atomic E-state index is 12.3. The molecule has 2 saturated heterocycles. The number of aromatic nitrogens is 5. The van der Waals surface area contributed by atoms with Crippen LogP contribution in [-0.4, -0.2) is 74.7 Å². The van der Waals surface area contributed by atoms with E-state index < -0.39 is 0 Å². The number of hydrogen-bond acceptors (Lipinski definition) is 7. The standard InChI is InChI=1S/C19H22N8O2/c28-19(26-3-1-2-4-26)24-17-11-20-10-15(22-17)16-13-27-12-14(9-21-18(27)23-16)25-5-7-29-8-6-25/h9-13H,1-8H2,(H,22,24,28). The Kier molecular flexibility index (Phi) is 4.68. The third-order valence-electron chi connectivity index (χ3n) is 5.20. The fraction of sp³-hybridized carbons (Fsp3) is 0.421. The number of morpholine rings is 1. The molecule has 5 rings (SSSR count). The molecule has 150 valence electrons. The molecule has 1 N–H and O–H groups in total. The number of nitrogens with zero attached hydrogens (tertiary/aromatic N) is 7. The molecule has 10 heteroatoms. The van der Waals surface area contributed by atoms with E-state index in [1.807, 2.05) is 23.0 Å². The maximum Gasteiger partial charge on any atom is 0.323 e. The van der Waals surface area contributed by atoms with Gasteiger partial charge in [0.1, 0.15) is 11.4 Å². The Labute approximate surface area is 167 Å². The molecule has 0 saturated carbocycles. The Balaban J connectivity index is 1.37. The molecule has 0 radical (unpaired) electrons. The van der Waals surface area contributed by atoms with Crippen LogP contribution in [0.25, 0.3) is 17.2 Å². The molecule has 0 atom stereocenters. The summed E-state index contributed by atoms with van der Waals surface area (Å²) in [6.45, 7) is 4.69. The zero-order chi connectivity index (χ0) is 19.6. The summed E-state index contributed by atoms with van der Waals surface area (Å²) < 4.78 is 7.30. The third kappa shape index (κ3) is 3.70. The van der Waals surface area contributed by atoms with Crippen LogP contribution in [0.1, 0.15) is 12.8 Å². The molecule has 0 aliphatic carbocycles. The van der Waals surface area contributed by atoms with E-state index in [9.17, 15) is 4.79 Å². The lowest BCUT2D eigenvalue weighted by atomic mass is 10.3. The predicted octanol–water partition coefficient (Wildman–Crippen LogP) is 1.65. The molecule has 3 aromatic heterocycles. The van der Waals surface area contributed by atoms with Crippen LogP contribution in [0.15, 0.2) is 31.0 Å². The number of rotatable bonds is 3. The van der Waals surface area contributed by atoms with Crippen LogP contribution in [0, 0.1) is 0 Å². The summed E-state index contributed by atoms with van der Waals surface area (Å²) in [6, 6.07) is -0.138. The quantitative estimate of drug-likeness (QED) is 0.721. The zero-order valence-corrected chi connectivity index (χ0v) is 16.0. The Bertz CT molecular complexity index is 1020. The number of amides is 2. The number of imidazole rings is 1. The van der Waals surface area contributed by atoms with Crippen molar-refractivity contribution in [2.24, 2.45) is 0 Å². The summed E-state index contributed by atoms with van der Waals surface area (Å²) in [7, 11) is 0.